The number of hydrogen-bond acceptors (Lipinski definition) is 6. The monoisotopic (exact) mass is 432 g/mol. The van der Waals surface area contributed by atoms with Crippen LogP contribution in [0.2, 0.25) is 0 Å². The van der Waals surface area contributed by atoms with Gasteiger partial charge in [-0.05, 0) is 60.2 Å². The Morgan fingerprint density at radius 2 is 1.84 bits per heavy atom. The van der Waals surface area contributed by atoms with Crippen molar-refractivity contribution in [1.29, 1.82) is 0 Å². The molecule has 2 aromatic carbocycles. The Bertz CT molecular complexity index is 1120. The van der Waals surface area contributed by atoms with Gasteiger partial charge in [0.2, 0.25) is 0 Å². The van der Waals surface area contributed by atoms with Crippen molar-refractivity contribution in [2.24, 2.45) is 17.8 Å². The molecule has 6 nitrogen and oxygen atoms in total. The third-order valence-electron chi connectivity index (χ3n) is 7.11. The maximum Gasteiger partial charge on any atom is 0.161 e. The van der Waals surface area contributed by atoms with Gasteiger partial charge in [0.1, 0.15) is 24.7 Å². The first-order valence-electron chi connectivity index (χ1n) is 11.4. The summed E-state index contributed by atoms with van der Waals surface area (Å²) in [7, 11) is 1.68. The summed E-state index contributed by atoms with van der Waals surface area (Å²) in [6.07, 6.45) is 2.86. The van der Waals surface area contributed by atoms with E-state index in [9.17, 15) is 0 Å². The number of benzene rings is 2. The van der Waals surface area contributed by atoms with E-state index in [2.05, 4.69) is 22.0 Å². The minimum atomic E-state index is 0.637. The predicted octanol–water partition coefficient (Wildman–Crippen LogP) is 3.81. The van der Waals surface area contributed by atoms with Gasteiger partial charge in [-0.2, -0.15) is 0 Å². The smallest absolute Gasteiger partial charge is 0.161 e. The molecule has 0 spiro atoms. The largest absolute Gasteiger partial charge is 0.497 e. The van der Waals surface area contributed by atoms with E-state index in [1.807, 2.05) is 36.5 Å². The number of fused-ring (bicyclic) bond motifs is 3. The van der Waals surface area contributed by atoms with Crippen LogP contribution in [0, 0.1) is 17.8 Å². The molecular formula is C26H28N2O4. The van der Waals surface area contributed by atoms with Crippen molar-refractivity contribution in [2.45, 2.75) is 6.42 Å². The van der Waals surface area contributed by atoms with Crippen molar-refractivity contribution >= 4 is 10.9 Å². The molecule has 2 fully saturated rings. The van der Waals surface area contributed by atoms with Crippen molar-refractivity contribution < 1.29 is 18.9 Å². The summed E-state index contributed by atoms with van der Waals surface area (Å²) in [5.74, 6) is 5.66. The average Bonchev–Trinajstić information content (AvgIpc) is 3.29. The Hall–Kier alpha value is -2.99. The summed E-state index contributed by atoms with van der Waals surface area (Å²) >= 11 is 0. The van der Waals surface area contributed by atoms with E-state index in [1.165, 1.54) is 18.7 Å². The van der Waals surface area contributed by atoms with E-state index >= 15 is 0 Å². The second-order valence-electron chi connectivity index (χ2n) is 8.98. The van der Waals surface area contributed by atoms with Crippen LogP contribution in [0.5, 0.6) is 23.0 Å². The third-order valence-corrected chi connectivity index (χ3v) is 7.11. The van der Waals surface area contributed by atoms with Gasteiger partial charge in [0.05, 0.1) is 19.2 Å². The van der Waals surface area contributed by atoms with E-state index in [0.29, 0.717) is 19.1 Å². The summed E-state index contributed by atoms with van der Waals surface area (Å²) < 4.78 is 23.0. The molecule has 0 radical (unpaired) electrons. The highest BCUT2D eigenvalue weighted by atomic mass is 16.6. The highest BCUT2D eigenvalue weighted by molar-refractivity contribution is 5.86. The number of nitrogens with zero attached hydrogens (tertiary/aromatic N) is 2. The van der Waals surface area contributed by atoms with Crippen LogP contribution in [0.25, 0.3) is 10.9 Å². The van der Waals surface area contributed by atoms with Crippen LogP contribution in [-0.2, 0) is 6.42 Å². The lowest BCUT2D eigenvalue weighted by molar-refractivity contribution is 0.171. The van der Waals surface area contributed by atoms with Crippen LogP contribution in [0.4, 0.5) is 0 Å². The average molecular weight is 433 g/mol. The predicted molar refractivity (Wildman–Crippen MR) is 122 cm³/mol. The second-order valence-corrected chi connectivity index (χ2v) is 8.98. The number of piperidine rings is 1. The van der Waals surface area contributed by atoms with Crippen LogP contribution < -0.4 is 18.9 Å². The first-order valence-corrected chi connectivity index (χ1v) is 11.4. The fourth-order valence-corrected chi connectivity index (χ4v) is 5.24. The lowest BCUT2D eigenvalue weighted by atomic mass is 10.1. The van der Waals surface area contributed by atoms with Gasteiger partial charge in [-0.25, -0.2) is 0 Å². The van der Waals surface area contributed by atoms with Gasteiger partial charge in [0.25, 0.3) is 0 Å². The normalized spacial score (nSPS) is 23.7. The molecule has 1 saturated heterocycles. The molecule has 6 rings (SSSR count). The minimum absolute atomic E-state index is 0.637. The van der Waals surface area contributed by atoms with Crippen LogP contribution >= 0.6 is 0 Å². The van der Waals surface area contributed by atoms with Crippen molar-refractivity contribution in [3.63, 3.8) is 0 Å². The van der Waals surface area contributed by atoms with Gasteiger partial charge in [0, 0.05) is 37.1 Å². The number of hydrogen-bond donors (Lipinski definition) is 0. The standard InChI is InChI=1S/C26H28N2O4/c1-29-18-3-4-23-19(13-18)24(6-8-27-23)32-16-22-20-14-28(15-21(20)22)9-7-17-2-5-25-26(12-17)31-11-10-30-25/h2-6,8,12-13,20-22H,7,9-11,14-16H2,1H3/t20-,21+,22?. The lowest BCUT2D eigenvalue weighted by Crippen LogP contribution is -2.28. The van der Waals surface area contributed by atoms with Crippen molar-refractivity contribution in [1.82, 2.24) is 9.88 Å². The Morgan fingerprint density at radius 3 is 2.69 bits per heavy atom. The number of pyridine rings is 1. The lowest BCUT2D eigenvalue weighted by Gasteiger charge is -2.21. The fourth-order valence-electron chi connectivity index (χ4n) is 5.24. The first kappa shape index (κ1) is 19.7. The molecule has 1 saturated carbocycles. The Morgan fingerprint density at radius 1 is 1.00 bits per heavy atom. The molecule has 2 aliphatic heterocycles. The van der Waals surface area contributed by atoms with E-state index in [1.54, 1.807) is 7.11 Å². The molecule has 1 aliphatic carbocycles. The highest BCUT2D eigenvalue weighted by Crippen LogP contribution is 2.51. The zero-order valence-corrected chi connectivity index (χ0v) is 18.3. The SMILES string of the molecule is COc1ccc2nccc(OCC3[C@H]4CN(CCc5ccc6c(c5)OCCO6)C[C@@H]34)c2c1. The summed E-state index contributed by atoms with van der Waals surface area (Å²) in [6.45, 7) is 5.50. The molecule has 0 bridgehead atoms. The molecule has 6 heteroatoms. The Labute approximate surface area is 188 Å². The number of methoxy groups -OCH3 is 1. The molecule has 1 unspecified atom stereocenters. The summed E-state index contributed by atoms with van der Waals surface area (Å²) in [5.41, 5.74) is 2.25. The van der Waals surface area contributed by atoms with Crippen molar-refractivity contribution in [3.05, 3.63) is 54.2 Å². The van der Waals surface area contributed by atoms with Crippen molar-refractivity contribution in [3.8, 4) is 23.0 Å². The Kier molecular flexibility index (Phi) is 5.02. The number of rotatable bonds is 7. The van der Waals surface area contributed by atoms with Gasteiger partial charge in [-0.1, -0.05) is 6.07 Å². The molecule has 0 N–H and O–H groups in total. The quantitative estimate of drug-likeness (QED) is 0.566. The summed E-state index contributed by atoms with van der Waals surface area (Å²) in [4.78, 5) is 7.03. The number of likely N-dealkylation sites (tertiary alicyclic amines) is 1. The van der Waals surface area contributed by atoms with Gasteiger partial charge in [-0.3, -0.25) is 4.98 Å². The summed E-state index contributed by atoms with van der Waals surface area (Å²) in [5, 5.41) is 1.01. The van der Waals surface area contributed by atoms with Gasteiger partial charge >= 0.3 is 0 Å². The van der Waals surface area contributed by atoms with Gasteiger partial charge in [0.15, 0.2) is 11.5 Å². The molecule has 1 aromatic heterocycles. The van der Waals surface area contributed by atoms with E-state index < -0.39 is 0 Å². The van der Waals surface area contributed by atoms with Crippen LogP contribution in [0.15, 0.2) is 48.7 Å². The molecule has 0 amide bonds. The molecule has 3 aliphatic rings. The highest BCUT2D eigenvalue weighted by Gasteiger charge is 2.55. The minimum Gasteiger partial charge on any atom is -0.497 e. The number of ether oxygens (including phenoxy) is 4. The maximum atomic E-state index is 6.26. The molecule has 32 heavy (non-hydrogen) atoms. The third kappa shape index (κ3) is 3.73. The molecule has 166 valence electrons. The number of aromatic nitrogens is 1. The molecule has 3 atom stereocenters. The van der Waals surface area contributed by atoms with E-state index in [0.717, 1.165) is 65.3 Å². The van der Waals surface area contributed by atoms with E-state index in [4.69, 9.17) is 18.9 Å². The van der Waals surface area contributed by atoms with Crippen LogP contribution in [0.3, 0.4) is 0 Å². The second kappa shape index (κ2) is 8.17. The zero-order chi connectivity index (χ0) is 21.5. The summed E-state index contributed by atoms with van der Waals surface area (Å²) in [6, 6.07) is 14.2. The van der Waals surface area contributed by atoms with Crippen molar-refractivity contribution in [2.75, 3.05) is 46.6 Å². The van der Waals surface area contributed by atoms with Crippen LogP contribution in [0.1, 0.15) is 5.56 Å². The molecule has 3 aromatic rings. The van der Waals surface area contributed by atoms with E-state index in [-0.39, 0.29) is 0 Å². The molecule has 3 heterocycles. The fraction of sp³-hybridized carbons (Fsp3) is 0.423. The Balaban J connectivity index is 1.01. The molecular weight excluding hydrogens is 404 g/mol. The first-order chi connectivity index (χ1) is 15.8. The maximum absolute atomic E-state index is 6.26. The van der Waals surface area contributed by atoms with Gasteiger partial charge in [-0.15, -0.1) is 0 Å². The van der Waals surface area contributed by atoms with Gasteiger partial charge < -0.3 is 23.8 Å². The zero-order valence-electron chi connectivity index (χ0n) is 18.3. The topological polar surface area (TPSA) is 53.1 Å². The van der Waals surface area contributed by atoms with Crippen LogP contribution in [-0.4, -0.2) is 56.4 Å².